The van der Waals surface area contributed by atoms with Crippen molar-refractivity contribution in [2.45, 2.75) is 0 Å². The van der Waals surface area contributed by atoms with Crippen LogP contribution < -0.4 is 15.5 Å². The normalized spacial score (nSPS) is 15.2. The summed E-state index contributed by atoms with van der Waals surface area (Å²) in [6.45, 7) is 3.96. The van der Waals surface area contributed by atoms with Crippen LogP contribution in [0.5, 0.6) is 0 Å². The van der Waals surface area contributed by atoms with Gasteiger partial charge in [-0.15, -0.1) is 0 Å². The number of anilines is 3. The molecule has 1 aromatic carbocycles. The zero-order valence-electron chi connectivity index (χ0n) is 11.0. The van der Waals surface area contributed by atoms with Crippen LogP contribution in [0.15, 0.2) is 41.1 Å². The lowest BCUT2D eigenvalue weighted by atomic mass is 10.3. The van der Waals surface area contributed by atoms with E-state index in [2.05, 4.69) is 41.4 Å². The van der Waals surface area contributed by atoms with Gasteiger partial charge in [0.1, 0.15) is 11.6 Å². The second-order valence-electron chi connectivity index (χ2n) is 4.63. The van der Waals surface area contributed by atoms with Crippen LogP contribution in [0.1, 0.15) is 0 Å². The molecular weight excluding hydrogens is 318 g/mol. The minimum Gasteiger partial charge on any atom is -0.353 e. The summed E-state index contributed by atoms with van der Waals surface area (Å²) in [5, 5.41) is 6.56. The van der Waals surface area contributed by atoms with Crippen molar-refractivity contribution in [1.29, 1.82) is 0 Å². The topological polar surface area (TPSA) is 53.1 Å². The first-order valence-electron chi connectivity index (χ1n) is 6.61. The Labute approximate surface area is 126 Å². The quantitative estimate of drug-likeness (QED) is 0.903. The molecule has 1 aliphatic heterocycles. The third-order valence-corrected chi connectivity index (χ3v) is 3.72. The summed E-state index contributed by atoms with van der Waals surface area (Å²) in [7, 11) is 0. The Morgan fingerprint density at radius 3 is 2.45 bits per heavy atom. The average Bonchev–Trinajstić information content (AvgIpc) is 2.51. The predicted octanol–water partition coefficient (Wildman–Crippen LogP) is 2.39. The molecule has 0 saturated carbocycles. The standard InChI is InChI=1S/C14H16BrN5/c15-11-1-3-12(4-2-11)19-13-9-18-14(10-17-13)20-7-5-16-6-8-20/h1-4,9-10,16H,5-8H2,(H,17,19). The Balaban J connectivity index is 1.67. The minimum atomic E-state index is 0.756. The molecule has 2 N–H and O–H groups in total. The number of halogens is 1. The van der Waals surface area contributed by atoms with Gasteiger partial charge in [0, 0.05) is 36.3 Å². The van der Waals surface area contributed by atoms with Crippen molar-refractivity contribution in [2.24, 2.45) is 0 Å². The molecular formula is C14H16BrN5. The van der Waals surface area contributed by atoms with Crippen LogP contribution in [0.4, 0.5) is 17.3 Å². The Hall–Kier alpha value is -1.66. The molecule has 1 fully saturated rings. The monoisotopic (exact) mass is 333 g/mol. The van der Waals surface area contributed by atoms with Gasteiger partial charge in [0.15, 0.2) is 0 Å². The highest BCUT2D eigenvalue weighted by atomic mass is 79.9. The molecule has 104 valence electrons. The van der Waals surface area contributed by atoms with E-state index in [0.29, 0.717) is 0 Å². The summed E-state index contributed by atoms with van der Waals surface area (Å²) >= 11 is 3.42. The van der Waals surface area contributed by atoms with Gasteiger partial charge >= 0.3 is 0 Å². The molecule has 0 amide bonds. The van der Waals surface area contributed by atoms with Gasteiger partial charge in [-0.3, -0.25) is 0 Å². The molecule has 1 aliphatic rings. The number of benzene rings is 1. The van der Waals surface area contributed by atoms with Crippen LogP contribution in [-0.2, 0) is 0 Å². The largest absolute Gasteiger partial charge is 0.353 e. The van der Waals surface area contributed by atoms with Gasteiger partial charge in [-0.1, -0.05) is 15.9 Å². The van der Waals surface area contributed by atoms with Crippen molar-refractivity contribution in [3.63, 3.8) is 0 Å². The van der Waals surface area contributed by atoms with Crippen molar-refractivity contribution in [2.75, 3.05) is 36.4 Å². The third kappa shape index (κ3) is 3.26. The summed E-state index contributed by atoms with van der Waals surface area (Å²) < 4.78 is 1.06. The number of piperazine rings is 1. The maximum Gasteiger partial charge on any atom is 0.149 e. The second-order valence-corrected chi connectivity index (χ2v) is 5.54. The van der Waals surface area contributed by atoms with Gasteiger partial charge in [-0.05, 0) is 24.3 Å². The van der Waals surface area contributed by atoms with Crippen molar-refractivity contribution >= 4 is 33.3 Å². The zero-order valence-corrected chi connectivity index (χ0v) is 12.6. The van der Waals surface area contributed by atoms with Crippen LogP contribution in [0.2, 0.25) is 0 Å². The Morgan fingerprint density at radius 1 is 1.05 bits per heavy atom. The highest BCUT2D eigenvalue weighted by Gasteiger charge is 2.11. The smallest absolute Gasteiger partial charge is 0.149 e. The summed E-state index contributed by atoms with van der Waals surface area (Å²) in [4.78, 5) is 11.1. The van der Waals surface area contributed by atoms with E-state index < -0.39 is 0 Å². The molecule has 0 aliphatic carbocycles. The fraction of sp³-hybridized carbons (Fsp3) is 0.286. The van der Waals surface area contributed by atoms with E-state index in [4.69, 9.17) is 0 Å². The molecule has 5 nitrogen and oxygen atoms in total. The highest BCUT2D eigenvalue weighted by Crippen LogP contribution is 2.18. The molecule has 20 heavy (non-hydrogen) atoms. The molecule has 0 atom stereocenters. The number of hydrogen-bond donors (Lipinski definition) is 2. The van der Waals surface area contributed by atoms with E-state index in [1.807, 2.05) is 30.5 Å². The van der Waals surface area contributed by atoms with Crippen LogP contribution in [-0.4, -0.2) is 36.1 Å². The Morgan fingerprint density at radius 2 is 1.80 bits per heavy atom. The van der Waals surface area contributed by atoms with E-state index >= 15 is 0 Å². The molecule has 2 aromatic rings. The average molecular weight is 334 g/mol. The van der Waals surface area contributed by atoms with Crippen LogP contribution >= 0.6 is 15.9 Å². The lowest BCUT2D eigenvalue weighted by molar-refractivity contribution is 0.584. The molecule has 2 heterocycles. The number of rotatable bonds is 3. The maximum absolute atomic E-state index is 4.48. The zero-order chi connectivity index (χ0) is 13.8. The Kier molecular flexibility index (Phi) is 4.13. The first-order valence-corrected chi connectivity index (χ1v) is 7.41. The molecule has 1 saturated heterocycles. The molecule has 3 rings (SSSR count). The number of nitrogens with zero attached hydrogens (tertiary/aromatic N) is 3. The molecule has 0 bridgehead atoms. The van der Waals surface area contributed by atoms with E-state index in [-0.39, 0.29) is 0 Å². The van der Waals surface area contributed by atoms with Gasteiger partial charge in [-0.2, -0.15) is 0 Å². The van der Waals surface area contributed by atoms with Gasteiger partial charge in [0.2, 0.25) is 0 Å². The number of aromatic nitrogens is 2. The Bertz CT molecular complexity index is 549. The van der Waals surface area contributed by atoms with Crippen molar-refractivity contribution in [3.05, 3.63) is 41.1 Å². The van der Waals surface area contributed by atoms with Crippen LogP contribution in [0, 0.1) is 0 Å². The fourth-order valence-corrected chi connectivity index (χ4v) is 2.39. The maximum atomic E-state index is 4.48. The first-order chi connectivity index (χ1) is 9.81. The van der Waals surface area contributed by atoms with Gasteiger partial charge in [-0.25, -0.2) is 9.97 Å². The molecule has 6 heteroatoms. The van der Waals surface area contributed by atoms with E-state index in [0.717, 1.165) is 48.0 Å². The predicted molar refractivity (Wildman–Crippen MR) is 84.5 cm³/mol. The molecule has 0 unspecified atom stereocenters. The summed E-state index contributed by atoms with van der Waals surface area (Å²) in [5.41, 5.74) is 0.998. The third-order valence-electron chi connectivity index (χ3n) is 3.20. The van der Waals surface area contributed by atoms with Crippen molar-refractivity contribution < 1.29 is 0 Å². The molecule has 1 aromatic heterocycles. The molecule has 0 spiro atoms. The lowest BCUT2D eigenvalue weighted by Crippen LogP contribution is -2.43. The van der Waals surface area contributed by atoms with Gasteiger partial charge in [0.25, 0.3) is 0 Å². The number of hydrogen-bond acceptors (Lipinski definition) is 5. The summed E-state index contributed by atoms with van der Waals surface area (Å²) in [6.07, 6.45) is 3.60. The van der Waals surface area contributed by atoms with Crippen LogP contribution in [0.25, 0.3) is 0 Å². The second kappa shape index (κ2) is 6.19. The van der Waals surface area contributed by atoms with Crippen molar-refractivity contribution in [3.8, 4) is 0 Å². The van der Waals surface area contributed by atoms with Crippen molar-refractivity contribution in [1.82, 2.24) is 15.3 Å². The number of nitrogens with one attached hydrogen (secondary N) is 2. The minimum absolute atomic E-state index is 0.756. The summed E-state index contributed by atoms with van der Waals surface area (Å²) in [5.74, 6) is 1.69. The first kappa shape index (κ1) is 13.3. The van der Waals surface area contributed by atoms with Gasteiger partial charge < -0.3 is 15.5 Å². The molecule has 0 radical (unpaired) electrons. The van der Waals surface area contributed by atoms with Crippen LogP contribution in [0.3, 0.4) is 0 Å². The SMILES string of the molecule is Brc1ccc(Nc2cnc(N3CCNCC3)cn2)cc1. The summed E-state index contributed by atoms with van der Waals surface area (Å²) in [6, 6.07) is 7.97. The van der Waals surface area contributed by atoms with E-state index in [1.54, 1.807) is 6.20 Å². The van der Waals surface area contributed by atoms with E-state index in [9.17, 15) is 0 Å². The van der Waals surface area contributed by atoms with E-state index in [1.165, 1.54) is 0 Å². The lowest BCUT2D eigenvalue weighted by Gasteiger charge is -2.28. The fourth-order valence-electron chi connectivity index (χ4n) is 2.12. The highest BCUT2D eigenvalue weighted by molar-refractivity contribution is 9.10. The van der Waals surface area contributed by atoms with Gasteiger partial charge in [0.05, 0.1) is 12.4 Å².